The van der Waals surface area contributed by atoms with Gasteiger partial charge in [-0.25, -0.2) is 0 Å². The molecule has 7 heteroatoms. The molecule has 0 aliphatic heterocycles. The number of carbonyl (C=O) groups is 1. The molecule has 3 rings (SSSR count). The van der Waals surface area contributed by atoms with Gasteiger partial charge in [0.25, 0.3) is 0 Å². The summed E-state index contributed by atoms with van der Waals surface area (Å²) in [6, 6.07) is 16.7. The number of amidine groups is 1. The van der Waals surface area contributed by atoms with E-state index in [9.17, 15) is 4.79 Å². The maximum atomic E-state index is 10.5. The lowest BCUT2D eigenvalue weighted by Gasteiger charge is -2.08. The van der Waals surface area contributed by atoms with Gasteiger partial charge >= 0.3 is 0 Å². The number of anilines is 1. The molecule has 0 saturated heterocycles. The van der Waals surface area contributed by atoms with E-state index in [1.165, 1.54) is 0 Å². The zero-order valence-corrected chi connectivity index (χ0v) is 12.6. The number of para-hydroxylation sites is 1. The van der Waals surface area contributed by atoms with Crippen LogP contribution in [0.4, 0.5) is 5.82 Å². The summed E-state index contributed by atoms with van der Waals surface area (Å²) in [4.78, 5) is 10.5. The van der Waals surface area contributed by atoms with Gasteiger partial charge in [0.05, 0.1) is 11.3 Å². The van der Waals surface area contributed by atoms with Crippen molar-refractivity contribution in [1.82, 2.24) is 15.5 Å². The molecular formula is C17H15N5O2. The van der Waals surface area contributed by atoms with Crippen LogP contribution in [0.15, 0.2) is 54.6 Å². The number of nitrogen functional groups attached to an aromatic ring is 1. The Balaban J connectivity index is 1.86. The van der Waals surface area contributed by atoms with Crippen LogP contribution < -0.4 is 15.8 Å². The average Bonchev–Trinajstić information content (AvgIpc) is 2.98. The van der Waals surface area contributed by atoms with Crippen LogP contribution in [-0.4, -0.2) is 22.4 Å². The molecule has 0 fully saturated rings. The Bertz CT molecular complexity index is 856. The first-order chi connectivity index (χ1) is 11.7. The molecule has 1 amide bonds. The summed E-state index contributed by atoms with van der Waals surface area (Å²) in [5.74, 6) is 1.46. The monoisotopic (exact) mass is 321 g/mol. The van der Waals surface area contributed by atoms with Crippen LogP contribution in [0.25, 0.3) is 11.3 Å². The molecule has 0 aliphatic carbocycles. The largest absolute Gasteiger partial charge is 0.457 e. The lowest BCUT2D eigenvalue weighted by Crippen LogP contribution is -2.22. The van der Waals surface area contributed by atoms with Gasteiger partial charge in [0, 0.05) is 5.56 Å². The predicted molar refractivity (Wildman–Crippen MR) is 91.0 cm³/mol. The Morgan fingerprint density at radius 1 is 1.12 bits per heavy atom. The third kappa shape index (κ3) is 3.09. The number of aromatic nitrogens is 2. The number of aromatic amines is 1. The molecule has 0 atom stereocenters. The first-order valence-corrected chi connectivity index (χ1v) is 7.15. The van der Waals surface area contributed by atoms with Crippen LogP contribution in [0.2, 0.25) is 0 Å². The van der Waals surface area contributed by atoms with E-state index < -0.39 is 0 Å². The molecule has 0 saturated carbocycles. The summed E-state index contributed by atoms with van der Waals surface area (Å²) in [5, 5.41) is 16.8. The Morgan fingerprint density at radius 2 is 1.79 bits per heavy atom. The van der Waals surface area contributed by atoms with Gasteiger partial charge in [-0.3, -0.25) is 15.3 Å². The maximum absolute atomic E-state index is 10.5. The van der Waals surface area contributed by atoms with Crippen molar-refractivity contribution >= 4 is 18.1 Å². The molecule has 120 valence electrons. The van der Waals surface area contributed by atoms with Gasteiger partial charge in [-0.1, -0.05) is 18.2 Å². The van der Waals surface area contributed by atoms with Gasteiger partial charge in [0.1, 0.15) is 17.3 Å². The smallest absolute Gasteiger partial charge is 0.212 e. The highest BCUT2D eigenvalue weighted by Gasteiger charge is 2.17. The maximum Gasteiger partial charge on any atom is 0.212 e. The number of rotatable bonds is 5. The molecule has 0 aliphatic rings. The second kappa shape index (κ2) is 6.66. The highest BCUT2D eigenvalue weighted by molar-refractivity contribution is 6.09. The molecule has 7 nitrogen and oxygen atoms in total. The molecule has 0 radical (unpaired) electrons. The van der Waals surface area contributed by atoms with Crippen LogP contribution in [0.5, 0.6) is 11.5 Å². The fourth-order valence-electron chi connectivity index (χ4n) is 2.26. The number of benzene rings is 2. The van der Waals surface area contributed by atoms with Gasteiger partial charge in [-0.15, -0.1) is 0 Å². The third-order valence-electron chi connectivity index (χ3n) is 3.37. The van der Waals surface area contributed by atoms with E-state index in [2.05, 4.69) is 15.5 Å². The lowest BCUT2D eigenvalue weighted by atomic mass is 10.1. The fourth-order valence-corrected chi connectivity index (χ4v) is 2.26. The van der Waals surface area contributed by atoms with E-state index in [-0.39, 0.29) is 11.7 Å². The number of nitrogens with two attached hydrogens (primary N) is 1. The van der Waals surface area contributed by atoms with E-state index in [1.54, 1.807) is 12.1 Å². The SMILES string of the molecule is N=C(NC=O)c1c(N)n[nH]c1-c1ccc(Oc2ccccc2)cc1. The van der Waals surface area contributed by atoms with E-state index >= 15 is 0 Å². The minimum atomic E-state index is -0.115. The molecule has 5 N–H and O–H groups in total. The van der Waals surface area contributed by atoms with Crippen molar-refractivity contribution in [3.05, 3.63) is 60.2 Å². The summed E-state index contributed by atoms with van der Waals surface area (Å²) in [5.41, 5.74) is 7.45. The number of ether oxygens (including phenoxy) is 1. The van der Waals surface area contributed by atoms with Gasteiger partial charge in [0.2, 0.25) is 6.41 Å². The molecule has 1 heterocycles. The first-order valence-electron chi connectivity index (χ1n) is 7.15. The van der Waals surface area contributed by atoms with Gasteiger partial charge < -0.3 is 15.8 Å². The highest BCUT2D eigenvalue weighted by Crippen LogP contribution is 2.28. The highest BCUT2D eigenvalue weighted by atomic mass is 16.5. The number of H-pyrrole nitrogens is 1. The van der Waals surface area contributed by atoms with Gasteiger partial charge in [-0.05, 0) is 36.4 Å². The molecule has 1 aromatic heterocycles. The first kappa shape index (κ1) is 15.3. The Kier molecular flexibility index (Phi) is 4.24. The summed E-state index contributed by atoms with van der Waals surface area (Å²) in [6.45, 7) is 0. The van der Waals surface area contributed by atoms with Crippen molar-refractivity contribution < 1.29 is 9.53 Å². The molecule has 0 spiro atoms. The Hall–Kier alpha value is -3.61. The van der Waals surface area contributed by atoms with Crippen LogP contribution in [0.3, 0.4) is 0 Å². The number of hydrogen-bond donors (Lipinski definition) is 4. The molecular weight excluding hydrogens is 306 g/mol. The fraction of sp³-hybridized carbons (Fsp3) is 0. The standard InChI is InChI=1S/C17H15N5O2/c18-16(20-10-23)14-15(21-22-17(14)19)11-6-8-13(9-7-11)24-12-4-2-1-3-5-12/h1-10H,(H2,18,20,23)(H3,19,21,22). The minimum Gasteiger partial charge on any atom is -0.457 e. The van der Waals surface area contributed by atoms with Crippen LogP contribution in [0.1, 0.15) is 5.56 Å². The molecule has 3 aromatic rings. The summed E-state index contributed by atoms with van der Waals surface area (Å²) < 4.78 is 5.74. The van der Waals surface area contributed by atoms with Crippen molar-refractivity contribution in [1.29, 1.82) is 5.41 Å². The Labute approximate surface area is 138 Å². The molecule has 0 unspecified atom stereocenters. The third-order valence-corrected chi connectivity index (χ3v) is 3.37. The van der Waals surface area contributed by atoms with Crippen molar-refractivity contribution in [2.24, 2.45) is 0 Å². The zero-order valence-electron chi connectivity index (χ0n) is 12.6. The second-order valence-electron chi connectivity index (χ2n) is 4.94. The number of nitrogens with zero attached hydrogens (tertiary/aromatic N) is 1. The second-order valence-corrected chi connectivity index (χ2v) is 4.94. The quantitative estimate of drug-likeness (QED) is 0.328. The number of nitrogens with one attached hydrogen (secondary N) is 3. The van der Waals surface area contributed by atoms with E-state index in [0.717, 1.165) is 11.3 Å². The van der Waals surface area contributed by atoms with Crippen LogP contribution >= 0.6 is 0 Å². The number of amides is 1. The van der Waals surface area contributed by atoms with E-state index in [0.29, 0.717) is 23.4 Å². The summed E-state index contributed by atoms with van der Waals surface area (Å²) in [7, 11) is 0. The van der Waals surface area contributed by atoms with Crippen LogP contribution in [-0.2, 0) is 4.79 Å². The lowest BCUT2D eigenvalue weighted by molar-refractivity contribution is -0.108. The molecule has 0 bridgehead atoms. The van der Waals surface area contributed by atoms with Gasteiger partial charge in [-0.2, -0.15) is 5.10 Å². The minimum absolute atomic E-state index is 0.115. The Morgan fingerprint density at radius 3 is 2.46 bits per heavy atom. The van der Waals surface area contributed by atoms with E-state index in [1.807, 2.05) is 42.5 Å². The predicted octanol–water partition coefficient (Wildman–Crippen LogP) is 2.52. The molecule has 2 aromatic carbocycles. The number of hydrogen-bond acceptors (Lipinski definition) is 5. The normalized spacial score (nSPS) is 10.2. The van der Waals surface area contributed by atoms with Gasteiger partial charge in [0.15, 0.2) is 5.82 Å². The summed E-state index contributed by atoms with van der Waals surface area (Å²) in [6.07, 6.45) is 0.426. The summed E-state index contributed by atoms with van der Waals surface area (Å²) >= 11 is 0. The average molecular weight is 321 g/mol. The van der Waals surface area contributed by atoms with Crippen molar-refractivity contribution in [3.63, 3.8) is 0 Å². The molecule has 24 heavy (non-hydrogen) atoms. The topological polar surface area (TPSA) is 117 Å². The van der Waals surface area contributed by atoms with Crippen molar-refractivity contribution in [3.8, 4) is 22.8 Å². The number of carbonyl (C=O) groups excluding carboxylic acids is 1. The van der Waals surface area contributed by atoms with Crippen molar-refractivity contribution in [2.75, 3.05) is 5.73 Å². The van der Waals surface area contributed by atoms with E-state index in [4.69, 9.17) is 15.9 Å². The van der Waals surface area contributed by atoms with Crippen LogP contribution in [0, 0.1) is 5.41 Å². The zero-order chi connectivity index (χ0) is 16.9. The van der Waals surface area contributed by atoms with Crippen molar-refractivity contribution in [2.45, 2.75) is 0 Å².